The molecule has 1 atom stereocenters. The van der Waals surface area contributed by atoms with Crippen LogP contribution in [0.2, 0.25) is 0 Å². The van der Waals surface area contributed by atoms with Gasteiger partial charge in [-0.25, -0.2) is 0 Å². The van der Waals surface area contributed by atoms with Crippen molar-refractivity contribution in [2.75, 3.05) is 13.1 Å². The van der Waals surface area contributed by atoms with Gasteiger partial charge in [-0.3, -0.25) is 9.78 Å². The topological polar surface area (TPSA) is 76.8 Å². The van der Waals surface area contributed by atoms with Crippen LogP contribution in [0.15, 0.2) is 41.2 Å². The maximum atomic E-state index is 12.5. The van der Waals surface area contributed by atoms with Gasteiger partial charge in [0.05, 0.1) is 13.0 Å². The summed E-state index contributed by atoms with van der Waals surface area (Å²) < 4.78 is 0. The molecule has 0 spiro atoms. The SMILES string of the molecule is O=C(Cc1ccsc1)N1CCC[C@@H](Cn2nnc(-c3ccccn3)n2)C1. The van der Waals surface area contributed by atoms with Gasteiger partial charge in [0.25, 0.3) is 0 Å². The fourth-order valence-corrected chi connectivity index (χ4v) is 3.94. The highest BCUT2D eigenvalue weighted by Crippen LogP contribution is 2.20. The molecule has 3 aromatic rings. The van der Waals surface area contributed by atoms with Crippen molar-refractivity contribution < 1.29 is 4.79 Å². The molecule has 0 unspecified atom stereocenters. The molecule has 4 heterocycles. The minimum atomic E-state index is 0.203. The quantitative estimate of drug-likeness (QED) is 0.690. The van der Waals surface area contributed by atoms with Gasteiger partial charge in [-0.1, -0.05) is 6.07 Å². The molecule has 1 aliphatic rings. The minimum absolute atomic E-state index is 0.203. The summed E-state index contributed by atoms with van der Waals surface area (Å²) in [6.07, 6.45) is 4.29. The van der Waals surface area contributed by atoms with Gasteiger partial charge in [0, 0.05) is 19.3 Å². The molecule has 1 saturated heterocycles. The number of pyridine rings is 1. The first-order valence-electron chi connectivity index (χ1n) is 8.76. The van der Waals surface area contributed by atoms with E-state index in [-0.39, 0.29) is 5.91 Å². The van der Waals surface area contributed by atoms with Gasteiger partial charge >= 0.3 is 0 Å². The largest absolute Gasteiger partial charge is 0.342 e. The number of hydrogen-bond donors (Lipinski definition) is 0. The van der Waals surface area contributed by atoms with E-state index in [1.54, 1.807) is 22.3 Å². The van der Waals surface area contributed by atoms with Gasteiger partial charge in [0.2, 0.25) is 11.7 Å². The molecular weight excluding hydrogens is 348 g/mol. The number of aromatic nitrogens is 5. The highest BCUT2D eigenvalue weighted by molar-refractivity contribution is 7.08. The van der Waals surface area contributed by atoms with Crippen LogP contribution in [0.3, 0.4) is 0 Å². The van der Waals surface area contributed by atoms with E-state index in [0.717, 1.165) is 37.2 Å². The van der Waals surface area contributed by atoms with Crippen LogP contribution in [0.25, 0.3) is 11.5 Å². The maximum absolute atomic E-state index is 12.5. The van der Waals surface area contributed by atoms with E-state index in [1.165, 1.54) is 0 Å². The third-order valence-corrected chi connectivity index (χ3v) is 5.31. The molecule has 0 saturated carbocycles. The van der Waals surface area contributed by atoms with Gasteiger partial charge in [-0.15, -0.1) is 10.2 Å². The number of tetrazole rings is 1. The molecule has 4 rings (SSSR count). The molecule has 1 amide bonds. The lowest BCUT2D eigenvalue weighted by Crippen LogP contribution is -2.42. The van der Waals surface area contributed by atoms with Crippen molar-refractivity contribution in [3.8, 4) is 11.5 Å². The second-order valence-electron chi connectivity index (χ2n) is 6.54. The molecule has 0 aromatic carbocycles. The summed E-state index contributed by atoms with van der Waals surface area (Å²) in [7, 11) is 0. The van der Waals surface area contributed by atoms with Crippen LogP contribution in [0.4, 0.5) is 0 Å². The normalized spacial score (nSPS) is 17.4. The van der Waals surface area contributed by atoms with Gasteiger partial charge in [0.1, 0.15) is 5.69 Å². The average molecular weight is 368 g/mol. The Hall–Kier alpha value is -2.61. The van der Waals surface area contributed by atoms with Crippen LogP contribution < -0.4 is 0 Å². The molecule has 8 heteroatoms. The molecule has 1 aliphatic heterocycles. The number of rotatable bonds is 5. The molecule has 0 bridgehead atoms. The first-order chi connectivity index (χ1) is 12.8. The number of thiophene rings is 1. The minimum Gasteiger partial charge on any atom is -0.342 e. The van der Waals surface area contributed by atoms with Crippen molar-refractivity contribution in [3.63, 3.8) is 0 Å². The predicted molar refractivity (Wildman–Crippen MR) is 98.4 cm³/mol. The number of nitrogens with zero attached hydrogens (tertiary/aromatic N) is 6. The number of piperidine rings is 1. The molecule has 0 radical (unpaired) electrons. The van der Waals surface area contributed by atoms with Gasteiger partial charge in [0.15, 0.2) is 0 Å². The third kappa shape index (κ3) is 3.96. The number of carbonyl (C=O) groups is 1. The number of carbonyl (C=O) groups excluding carboxylic acids is 1. The smallest absolute Gasteiger partial charge is 0.227 e. The Balaban J connectivity index is 1.36. The van der Waals surface area contributed by atoms with E-state index in [1.807, 2.05) is 39.9 Å². The Morgan fingerprint density at radius 1 is 1.31 bits per heavy atom. The standard InChI is InChI=1S/C18H20N6OS/c25-17(10-14-6-9-26-13-14)23-8-3-4-15(11-23)12-24-21-18(20-22-24)16-5-1-2-7-19-16/h1-2,5-7,9,13,15H,3-4,8,10-12H2/t15-/m1/s1. The average Bonchev–Trinajstić information content (AvgIpc) is 3.35. The van der Waals surface area contributed by atoms with Crippen molar-refractivity contribution in [1.29, 1.82) is 0 Å². The van der Waals surface area contributed by atoms with E-state index < -0.39 is 0 Å². The number of likely N-dealkylation sites (tertiary alicyclic amines) is 1. The lowest BCUT2D eigenvalue weighted by molar-refractivity contribution is -0.132. The lowest BCUT2D eigenvalue weighted by atomic mass is 9.97. The molecule has 1 fully saturated rings. The summed E-state index contributed by atoms with van der Waals surface area (Å²) in [5, 5.41) is 16.7. The second-order valence-corrected chi connectivity index (χ2v) is 7.32. The Morgan fingerprint density at radius 2 is 2.27 bits per heavy atom. The van der Waals surface area contributed by atoms with Crippen molar-refractivity contribution in [2.24, 2.45) is 5.92 Å². The summed E-state index contributed by atoms with van der Waals surface area (Å²) in [6.45, 7) is 2.26. The van der Waals surface area contributed by atoms with Crippen LogP contribution in [-0.4, -0.2) is 49.1 Å². The van der Waals surface area contributed by atoms with E-state index in [4.69, 9.17) is 0 Å². The first kappa shape index (κ1) is 16.8. The van der Waals surface area contributed by atoms with Crippen molar-refractivity contribution >= 4 is 17.2 Å². The van der Waals surface area contributed by atoms with Gasteiger partial charge in [-0.2, -0.15) is 16.1 Å². The molecule has 134 valence electrons. The fourth-order valence-electron chi connectivity index (χ4n) is 3.27. The first-order valence-corrected chi connectivity index (χ1v) is 9.70. The van der Waals surface area contributed by atoms with Crippen molar-refractivity contribution in [1.82, 2.24) is 30.1 Å². The van der Waals surface area contributed by atoms with E-state index in [9.17, 15) is 4.79 Å². The molecule has 0 N–H and O–H groups in total. The van der Waals surface area contributed by atoms with Crippen LogP contribution >= 0.6 is 11.3 Å². The fraction of sp³-hybridized carbons (Fsp3) is 0.389. The van der Waals surface area contributed by atoms with E-state index in [2.05, 4.69) is 20.4 Å². The van der Waals surface area contributed by atoms with Gasteiger partial charge < -0.3 is 4.90 Å². The molecular formula is C18H20N6OS. The Morgan fingerprint density at radius 3 is 3.08 bits per heavy atom. The zero-order chi connectivity index (χ0) is 17.8. The Labute approximate surface area is 155 Å². The summed E-state index contributed by atoms with van der Waals surface area (Å²) in [4.78, 5) is 20.4. The number of amides is 1. The van der Waals surface area contributed by atoms with Crippen molar-refractivity contribution in [2.45, 2.75) is 25.8 Å². The van der Waals surface area contributed by atoms with Crippen LogP contribution in [-0.2, 0) is 17.8 Å². The molecule has 7 nitrogen and oxygen atoms in total. The molecule has 0 aliphatic carbocycles. The molecule has 26 heavy (non-hydrogen) atoms. The van der Waals surface area contributed by atoms with Crippen LogP contribution in [0.1, 0.15) is 18.4 Å². The summed E-state index contributed by atoms with van der Waals surface area (Å²) >= 11 is 1.63. The number of hydrogen-bond acceptors (Lipinski definition) is 6. The van der Waals surface area contributed by atoms with Crippen molar-refractivity contribution in [3.05, 3.63) is 46.8 Å². The molecule has 3 aromatic heterocycles. The summed E-state index contributed by atoms with van der Waals surface area (Å²) in [5.74, 6) is 1.08. The Kier molecular flexibility index (Phi) is 5.01. The summed E-state index contributed by atoms with van der Waals surface area (Å²) in [5.41, 5.74) is 1.81. The van der Waals surface area contributed by atoms with E-state index >= 15 is 0 Å². The third-order valence-electron chi connectivity index (χ3n) is 4.58. The zero-order valence-corrected chi connectivity index (χ0v) is 15.2. The van der Waals surface area contributed by atoms with Crippen LogP contribution in [0.5, 0.6) is 0 Å². The van der Waals surface area contributed by atoms with Gasteiger partial charge in [-0.05, 0) is 58.5 Å². The Bertz CT molecular complexity index is 848. The predicted octanol–water partition coefficient (Wildman–Crippen LogP) is 2.28. The highest BCUT2D eigenvalue weighted by Gasteiger charge is 2.25. The monoisotopic (exact) mass is 368 g/mol. The van der Waals surface area contributed by atoms with Crippen LogP contribution in [0, 0.1) is 5.92 Å². The highest BCUT2D eigenvalue weighted by atomic mass is 32.1. The second kappa shape index (κ2) is 7.74. The van der Waals surface area contributed by atoms with E-state index in [0.29, 0.717) is 24.7 Å². The summed E-state index contributed by atoms with van der Waals surface area (Å²) in [6, 6.07) is 7.65. The zero-order valence-electron chi connectivity index (χ0n) is 14.4. The lowest BCUT2D eigenvalue weighted by Gasteiger charge is -2.32. The maximum Gasteiger partial charge on any atom is 0.227 e.